The van der Waals surface area contributed by atoms with Gasteiger partial charge in [0.2, 0.25) is 0 Å². The highest BCUT2D eigenvalue weighted by Gasteiger charge is 2.31. The standard InChI is InChI=1S/C27H23N3O4/c1-33-22-12-6-18(7-13-22)26-17-27(29(28-26)20-8-10-21(11-9-20)30(31)32)25-5-3-4-19-16-23(34-2)14-15-24(19)25/h3-16,27H,17H2,1-2H3. The molecule has 7 nitrogen and oxygen atoms in total. The molecule has 0 fully saturated rings. The molecule has 1 aliphatic heterocycles. The van der Waals surface area contributed by atoms with Gasteiger partial charge in [-0.1, -0.05) is 24.3 Å². The van der Waals surface area contributed by atoms with E-state index < -0.39 is 4.92 Å². The number of anilines is 1. The van der Waals surface area contributed by atoms with Gasteiger partial charge in [-0.05, 0) is 70.4 Å². The van der Waals surface area contributed by atoms with Crippen molar-refractivity contribution in [2.75, 3.05) is 19.2 Å². The molecule has 1 atom stereocenters. The summed E-state index contributed by atoms with van der Waals surface area (Å²) in [4.78, 5) is 10.8. The van der Waals surface area contributed by atoms with E-state index in [4.69, 9.17) is 14.6 Å². The maximum atomic E-state index is 11.2. The fourth-order valence-electron chi connectivity index (χ4n) is 4.38. The van der Waals surface area contributed by atoms with Gasteiger partial charge in [-0.25, -0.2) is 0 Å². The maximum absolute atomic E-state index is 11.2. The number of ether oxygens (including phenoxy) is 2. The topological polar surface area (TPSA) is 77.2 Å². The van der Waals surface area contributed by atoms with Gasteiger partial charge in [-0.2, -0.15) is 5.10 Å². The smallest absolute Gasteiger partial charge is 0.269 e. The predicted molar refractivity (Wildman–Crippen MR) is 133 cm³/mol. The highest BCUT2D eigenvalue weighted by Crippen LogP contribution is 2.40. The third-order valence-electron chi connectivity index (χ3n) is 6.14. The van der Waals surface area contributed by atoms with Crippen LogP contribution < -0.4 is 14.5 Å². The van der Waals surface area contributed by atoms with E-state index in [2.05, 4.69) is 18.2 Å². The number of methoxy groups -OCH3 is 2. The van der Waals surface area contributed by atoms with E-state index in [1.807, 2.05) is 47.5 Å². The molecule has 0 spiro atoms. The van der Waals surface area contributed by atoms with Crippen LogP contribution in [0.5, 0.6) is 11.5 Å². The first kappa shape index (κ1) is 21.5. The van der Waals surface area contributed by atoms with Crippen LogP contribution in [-0.2, 0) is 0 Å². The molecular weight excluding hydrogens is 430 g/mol. The Hall–Kier alpha value is -4.39. The summed E-state index contributed by atoms with van der Waals surface area (Å²) in [5, 5.41) is 20.3. The number of rotatable bonds is 6. The van der Waals surface area contributed by atoms with Crippen molar-refractivity contribution >= 4 is 27.9 Å². The summed E-state index contributed by atoms with van der Waals surface area (Å²) in [6.07, 6.45) is 0.689. The highest BCUT2D eigenvalue weighted by atomic mass is 16.6. The second-order valence-electron chi connectivity index (χ2n) is 8.05. The summed E-state index contributed by atoms with van der Waals surface area (Å²) in [6, 6.07) is 26.6. The largest absolute Gasteiger partial charge is 0.497 e. The Morgan fingerprint density at radius 1 is 0.912 bits per heavy atom. The molecular formula is C27H23N3O4. The van der Waals surface area contributed by atoms with E-state index in [0.29, 0.717) is 6.42 Å². The number of nitrogens with zero attached hydrogens (tertiary/aromatic N) is 3. The molecule has 7 heteroatoms. The third kappa shape index (κ3) is 3.92. The minimum atomic E-state index is -0.393. The molecule has 0 saturated carbocycles. The molecule has 0 radical (unpaired) electrons. The summed E-state index contributed by atoms with van der Waals surface area (Å²) < 4.78 is 10.7. The molecule has 4 aromatic carbocycles. The summed E-state index contributed by atoms with van der Waals surface area (Å²) in [5.74, 6) is 1.59. The van der Waals surface area contributed by atoms with E-state index in [-0.39, 0.29) is 11.7 Å². The number of hydrazone groups is 1. The van der Waals surface area contributed by atoms with Gasteiger partial charge in [0.05, 0.1) is 36.6 Å². The van der Waals surface area contributed by atoms with Crippen LogP contribution in [0.15, 0.2) is 90.0 Å². The fourth-order valence-corrected chi connectivity index (χ4v) is 4.38. The monoisotopic (exact) mass is 453 g/mol. The zero-order valence-electron chi connectivity index (χ0n) is 18.8. The zero-order chi connectivity index (χ0) is 23.7. The first-order valence-electron chi connectivity index (χ1n) is 10.9. The number of hydrogen-bond acceptors (Lipinski definition) is 6. The van der Waals surface area contributed by atoms with Crippen LogP contribution in [0.25, 0.3) is 10.8 Å². The van der Waals surface area contributed by atoms with E-state index >= 15 is 0 Å². The zero-order valence-corrected chi connectivity index (χ0v) is 18.8. The number of nitro benzene ring substituents is 1. The normalized spacial score (nSPS) is 15.3. The lowest BCUT2D eigenvalue weighted by atomic mass is 9.93. The minimum Gasteiger partial charge on any atom is -0.497 e. The van der Waals surface area contributed by atoms with Gasteiger partial charge < -0.3 is 9.47 Å². The Morgan fingerprint density at radius 3 is 2.29 bits per heavy atom. The molecule has 1 aliphatic rings. The fraction of sp³-hybridized carbons (Fsp3) is 0.148. The van der Waals surface area contributed by atoms with Gasteiger partial charge in [0.1, 0.15) is 11.5 Å². The molecule has 0 bridgehead atoms. The third-order valence-corrected chi connectivity index (χ3v) is 6.14. The van der Waals surface area contributed by atoms with Crippen molar-refractivity contribution in [1.29, 1.82) is 0 Å². The predicted octanol–water partition coefficient (Wildman–Crippen LogP) is 6.12. The lowest BCUT2D eigenvalue weighted by Crippen LogP contribution is -2.18. The van der Waals surface area contributed by atoms with Crippen molar-refractivity contribution in [3.8, 4) is 11.5 Å². The van der Waals surface area contributed by atoms with Crippen molar-refractivity contribution in [2.45, 2.75) is 12.5 Å². The van der Waals surface area contributed by atoms with Crippen LogP contribution >= 0.6 is 0 Å². The van der Waals surface area contributed by atoms with Gasteiger partial charge >= 0.3 is 0 Å². The van der Waals surface area contributed by atoms with Crippen molar-refractivity contribution in [3.63, 3.8) is 0 Å². The van der Waals surface area contributed by atoms with Crippen LogP contribution in [0.1, 0.15) is 23.6 Å². The minimum absolute atomic E-state index is 0.0520. The first-order valence-corrected chi connectivity index (χ1v) is 10.9. The lowest BCUT2D eigenvalue weighted by molar-refractivity contribution is -0.384. The Kier molecular flexibility index (Phi) is 5.59. The molecule has 4 aromatic rings. The number of hydrogen-bond donors (Lipinski definition) is 0. The van der Waals surface area contributed by atoms with Crippen LogP contribution in [0.4, 0.5) is 11.4 Å². The van der Waals surface area contributed by atoms with E-state index in [1.165, 1.54) is 12.1 Å². The number of nitro groups is 1. The van der Waals surface area contributed by atoms with Gasteiger partial charge in [-0.15, -0.1) is 0 Å². The van der Waals surface area contributed by atoms with Crippen LogP contribution in [-0.4, -0.2) is 24.9 Å². The van der Waals surface area contributed by atoms with E-state index in [0.717, 1.165) is 44.8 Å². The molecule has 0 aliphatic carbocycles. The van der Waals surface area contributed by atoms with Crippen molar-refractivity contribution < 1.29 is 14.4 Å². The Morgan fingerprint density at radius 2 is 1.62 bits per heavy atom. The van der Waals surface area contributed by atoms with Crippen LogP contribution in [0.3, 0.4) is 0 Å². The summed E-state index contributed by atoms with van der Waals surface area (Å²) in [7, 11) is 3.30. The Balaban J connectivity index is 1.60. The van der Waals surface area contributed by atoms with Gasteiger partial charge in [0.25, 0.3) is 5.69 Å². The average Bonchev–Trinajstić information content (AvgIpc) is 3.33. The SMILES string of the molecule is COc1ccc(C2=NN(c3ccc([N+](=O)[O-])cc3)C(c3cccc4cc(OC)ccc34)C2)cc1. The highest BCUT2D eigenvalue weighted by molar-refractivity contribution is 6.04. The molecule has 34 heavy (non-hydrogen) atoms. The quantitative estimate of drug-likeness (QED) is 0.260. The second-order valence-corrected chi connectivity index (χ2v) is 8.05. The number of fused-ring (bicyclic) bond motifs is 1. The Labute approximate surface area is 197 Å². The first-order chi connectivity index (χ1) is 16.6. The molecule has 1 unspecified atom stereocenters. The summed E-state index contributed by atoms with van der Waals surface area (Å²) >= 11 is 0. The van der Waals surface area contributed by atoms with Crippen LogP contribution in [0, 0.1) is 10.1 Å². The molecule has 1 heterocycles. The van der Waals surface area contributed by atoms with Gasteiger partial charge in [0, 0.05) is 18.6 Å². The Bertz CT molecular complexity index is 1380. The number of non-ortho nitro benzene ring substituents is 1. The van der Waals surface area contributed by atoms with Gasteiger partial charge in [0.15, 0.2) is 0 Å². The van der Waals surface area contributed by atoms with Crippen molar-refractivity contribution in [2.24, 2.45) is 5.10 Å². The van der Waals surface area contributed by atoms with Crippen molar-refractivity contribution in [3.05, 3.63) is 106 Å². The van der Waals surface area contributed by atoms with Crippen molar-refractivity contribution in [1.82, 2.24) is 0 Å². The molecule has 5 rings (SSSR count). The molecule has 0 N–H and O–H groups in total. The van der Waals surface area contributed by atoms with Crippen LogP contribution in [0.2, 0.25) is 0 Å². The molecule has 0 saturated heterocycles. The molecule has 0 aromatic heterocycles. The lowest BCUT2D eigenvalue weighted by Gasteiger charge is -2.25. The van der Waals surface area contributed by atoms with E-state index in [1.54, 1.807) is 26.4 Å². The second kappa shape index (κ2) is 8.86. The number of benzene rings is 4. The molecule has 0 amide bonds. The maximum Gasteiger partial charge on any atom is 0.269 e. The summed E-state index contributed by atoms with van der Waals surface area (Å²) in [5.41, 5.74) is 3.93. The average molecular weight is 453 g/mol. The van der Waals surface area contributed by atoms with Gasteiger partial charge in [-0.3, -0.25) is 15.1 Å². The molecule has 170 valence electrons. The van der Waals surface area contributed by atoms with E-state index in [9.17, 15) is 10.1 Å². The summed E-state index contributed by atoms with van der Waals surface area (Å²) in [6.45, 7) is 0.